The van der Waals surface area contributed by atoms with Gasteiger partial charge in [0.15, 0.2) is 5.06 Å². The van der Waals surface area contributed by atoms with Crippen LogP contribution < -0.4 is 9.47 Å². The molecule has 1 N–H and O–H groups in total. The van der Waals surface area contributed by atoms with Crippen LogP contribution in [-0.4, -0.2) is 37.5 Å². The number of carboxylic acid groups (broad SMARTS) is 1. The summed E-state index contributed by atoms with van der Waals surface area (Å²) < 4.78 is 13.7. The third-order valence-corrected chi connectivity index (χ3v) is 9.31. The van der Waals surface area contributed by atoms with Crippen molar-refractivity contribution in [1.82, 2.24) is 14.5 Å². The van der Waals surface area contributed by atoms with E-state index in [0.717, 1.165) is 54.1 Å². The number of thiazole rings is 1. The maximum atomic E-state index is 12.3. The van der Waals surface area contributed by atoms with Crippen molar-refractivity contribution in [1.29, 1.82) is 0 Å². The number of aliphatic carboxylic acids is 1. The number of thioether (sulfide) groups is 1. The molecule has 0 saturated heterocycles. The molecule has 5 rings (SSSR count). The van der Waals surface area contributed by atoms with Crippen LogP contribution in [0.4, 0.5) is 0 Å². The molecular weight excluding hydrogens is 579 g/mol. The van der Waals surface area contributed by atoms with E-state index in [1.54, 1.807) is 45.1 Å². The normalized spacial score (nSPS) is 12.0. The first-order valence-electron chi connectivity index (χ1n) is 14.1. The van der Waals surface area contributed by atoms with Gasteiger partial charge >= 0.3 is 5.97 Å². The van der Waals surface area contributed by atoms with E-state index in [1.165, 1.54) is 11.3 Å². The van der Waals surface area contributed by atoms with E-state index in [9.17, 15) is 9.90 Å². The molecule has 43 heavy (non-hydrogen) atoms. The Kier molecular flexibility index (Phi) is 8.85. The minimum atomic E-state index is -0.953. The van der Waals surface area contributed by atoms with E-state index >= 15 is 0 Å². The summed E-state index contributed by atoms with van der Waals surface area (Å²) in [5.74, 6) is -0.0723. The Morgan fingerprint density at radius 3 is 2.42 bits per heavy atom. The number of nitrogens with zero attached hydrogens (tertiary/aromatic N) is 3. The van der Waals surface area contributed by atoms with Crippen molar-refractivity contribution in [3.63, 3.8) is 0 Å². The summed E-state index contributed by atoms with van der Waals surface area (Å²) >= 11 is 3.28. The van der Waals surface area contributed by atoms with E-state index in [1.807, 2.05) is 24.3 Å². The molecule has 0 bridgehead atoms. The van der Waals surface area contributed by atoms with Crippen molar-refractivity contribution in [3.05, 3.63) is 90.0 Å². The summed E-state index contributed by atoms with van der Waals surface area (Å²) in [5.41, 5.74) is 4.10. The third-order valence-electron chi connectivity index (χ3n) is 7.03. The van der Waals surface area contributed by atoms with Crippen LogP contribution in [0.3, 0.4) is 0 Å². The van der Waals surface area contributed by atoms with Crippen LogP contribution in [0.2, 0.25) is 0 Å². The topological polar surface area (TPSA) is 86.5 Å². The molecule has 0 aliphatic rings. The van der Waals surface area contributed by atoms with Gasteiger partial charge in [-0.1, -0.05) is 62.4 Å². The molecule has 7 nitrogen and oxygen atoms in total. The first kappa shape index (κ1) is 30.6. The van der Waals surface area contributed by atoms with Crippen molar-refractivity contribution in [2.45, 2.75) is 63.8 Å². The molecule has 0 fully saturated rings. The van der Waals surface area contributed by atoms with Crippen LogP contribution in [0.15, 0.2) is 78.0 Å². The van der Waals surface area contributed by atoms with Gasteiger partial charge in [-0.05, 0) is 49.7 Å². The molecule has 0 spiro atoms. The van der Waals surface area contributed by atoms with Gasteiger partial charge in [0.2, 0.25) is 0 Å². The van der Waals surface area contributed by atoms with E-state index in [0.29, 0.717) is 19.6 Å². The van der Waals surface area contributed by atoms with Crippen molar-refractivity contribution >= 4 is 40.0 Å². The molecule has 0 atom stereocenters. The first-order valence-corrected chi connectivity index (χ1v) is 15.8. The SMILES string of the molecule is COc1cnc(-c2ccc(Cn3c(CC(C)(C)C(=O)O)c(SC(C)(C)C)c4cc(OCc5ccccn5)ccc43)cc2)s1. The zero-order chi connectivity index (χ0) is 30.8. The van der Waals surface area contributed by atoms with E-state index < -0.39 is 11.4 Å². The predicted molar refractivity (Wildman–Crippen MR) is 174 cm³/mol. The first-order chi connectivity index (χ1) is 20.4. The molecule has 224 valence electrons. The fourth-order valence-electron chi connectivity index (χ4n) is 4.78. The minimum absolute atomic E-state index is 0.0948. The maximum Gasteiger partial charge on any atom is 0.309 e. The lowest BCUT2D eigenvalue weighted by Crippen LogP contribution is -2.28. The van der Waals surface area contributed by atoms with Gasteiger partial charge in [0.05, 0.1) is 24.4 Å². The van der Waals surface area contributed by atoms with Crippen molar-refractivity contribution in [2.24, 2.45) is 5.41 Å². The summed E-state index contributed by atoms with van der Waals surface area (Å²) in [6.07, 6.45) is 3.88. The standard InChI is InChI=1S/C34H37N3O4S2/c1-33(2,3)43-30-26-17-25(41-21-24-9-7-8-16-35-24)14-15-27(26)37(28(30)18-34(4,5)32(38)39)20-22-10-12-23(13-11-22)31-36-19-29(40-6)42-31/h7-17,19H,18,20-21H2,1-6H3,(H,38,39). The predicted octanol–water partition coefficient (Wildman–Crippen LogP) is 8.34. The van der Waals surface area contributed by atoms with Gasteiger partial charge in [-0.15, -0.1) is 11.8 Å². The number of ether oxygens (including phenoxy) is 2. The molecule has 3 heterocycles. The summed E-state index contributed by atoms with van der Waals surface area (Å²) in [6.45, 7) is 11.1. The van der Waals surface area contributed by atoms with Gasteiger partial charge in [0.1, 0.15) is 17.4 Å². The van der Waals surface area contributed by atoms with Gasteiger partial charge < -0.3 is 19.1 Å². The average Bonchev–Trinajstić information content (AvgIpc) is 3.55. The molecule has 9 heteroatoms. The maximum absolute atomic E-state index is 12.3. The van der Waals surface area contributed by atoms with E-state index in [4.69, 9.17) is 9.47 Å². The number of rotatable bonds is 11. The number of pyridine rings is 1. The highest BCUT2D eigenvalue weighted by atomic mass is 32.2. The Labute approximate surface area is 260 Å². The molecule has 0 unspecified atom stereocenters. The molecule has 0 saturated carbocycles. The Morgan fingerprint density at radius 1 is 1.02 bits per heavy atom. The van der Waals surface area contributed by atoms with Crippen LogP contribution in [0, 0.1) is 5.41 Å². The fraction of sp³-hybridized carbons (Fsp3) is 0.324. The second-order valence-electron chi connectivity index (χ2n) is 12.1. The monoisotopic (exact) mass is 615 g/mol. The number of aromatic nitrogens is 3. The Morgan fingerprint density at radius 2 is 1.79 bits per heavy atom. The van der Waals surface area contributed by atoms with Gasteiger partial charge in [-0.25, -0.2) is 4.98 Å². The quantitative estimate of drug-likeness (QED) is 0.150. The number of methoxy groups -OCH3 is 1. The van der Waals surface area contributed by atoms with Crippen LogP contribution in [0.25, 0.3) is 21.5 Å². The zero-order valence-corrected chi connectivity index (χ0v) is 27.0. The lowest BCUT2D eigenvalue weighted by Gasteiger charge is -2.24. The molecule has 0 amide bonds. The number of carboxylic acids is 1. The largest absolute Gasteiger partial charge is 0.487 e. The zero-order valence-electron chi connectivity index (χ0n) is 25.4. The van der Waals surface area contributed by atoms with E-state index in [2.05, 4.69) is 71.7 Å². The number of benzene rings is 2. The minimum Gasteiger partial charge on any atom is -0.487 e. The lowest BCUT2D eigenvalue weighted by atomic mass is 9.88. The summed E-state index contributed by atoms with van der Waals surface area (Å²) in [5, 5.41) is 12.8. The summed E-state index contributed by atoms with van der Waals surface area (Å²) in [7, 11) is 1.65. The lowest BCUT2D eigenvalue weighted by molar-refractivity contribution is -0.146. The number of fused-ring (bicyclic) bond motifs is 1. The molecule has 5 aromatic rings. The molecule has 0 radical (unpaired) electrons. The highest BCUT2D eigenvalue weighted by Crippen LogP contribution is 2.44. The van der Waals surface area contributed by atoms with Gasteiger partial charge in [-0.3, -0.25) is 9.78 Å². The number of hydrogen-bond donors (Lipinski definition) is 1. The van der Waals surface area contributed by atoms with Crippen LogP contribution in [0.1, 0.15) is 51.6 Å². The Hall–Kier alpha value is -3.82. The average molecular weight is 616 g/mol. The number of hydrogen-bond acceptors (Lipinski definition) is 7. The number of carbonyl (C=O) groups is 1. The third kappa shape index (κ3) is 7.22. The van der Waals surface area contributed by atoms with Crippen molar-refractivity contribution in [2.75, 3.05) is 7.11 Å². The summed E-state index contributed by atoms with van der Waals surface area (Å²) in [4.78, 5) is 22.3. The molecule has 0 aliphatic heterocycles. The highest BCUT2D eigenvalue weighted by Gasteiger charge is 2.33. The smallest absolute Gasteiger partial charge is 0.309 e. The highest BCUT2D eigenvalue weighted by molar-refractivity contribution is 8.00. The Bertz CT molecular complexity index is 1720. The second-order valence-corrected chi connectivity index (χ2v) is 14.9. The van der Waals surface area contributed by atoms with E-state index in [-0.39, 0.29) is 4.75 Å². The van der Waals surface area contributed by atoms with Gasteiger partial charge in [0.25, 0.3) is 0 Å². The Balaban J connectivity index is 1.58. The molecule has 3 aromatic heterocycles. The van der Waals surface area contributed by atoms with Crippen LogP contribution in [0.5, 0.6) is 10.8 Å². The molecular formula is C34H37N3O4S2. The van der Waals surface area contributed by atoms with Crippen molar-refractivity contribution < 1.29 is 19.4 Å². The van der Waals surface area contributed by atoms with Crippen LogP contribution in [-0.2, 0) is 24.4 Å². The van der Waals surface area contributed by atoms with Crippen molar-refractivity contribution in [3.8, 4) is 21.4 Å². The molecule has 2 aromatic carbocycles. The second kappa shape index (κ2) is 12.4. The summed E-state index contributed by atoms with van der Waals surface area (Å²) in [6, 6.07) is 20.3. The van der Waals surface area contributed by atoms with Gasteiger partial charge in [0, 0.05) is 51.0 Å². The van der Waals surface area contributed by atoms with Gasteiger partial charge in [-0.2, -0.15) is 0 Å². The van der Waals surface area contributed by atoms with Crippen LogP contribution >= 0.6 is 23.1 Å². The fourth-order valence-corrected chi connectivity index (χ4v) is 6.70. The molecule has 0 aliphatic carbocycles.